The molecule has 120 valence electrons. The van der Waals surface area contributed by atoms with Crippen LogP contribution in [0.2, 0.25) is 0 Å². The predicted molar refractivity (Wildman–Crippen MR) is 98.4 cm³/mol. The summed E-state index contributed by atoms with van der Waals surface area (Å²) in [7, 11) is 0. The average Bonchev–Trinajstić information content (AvgIpc) is 2.36. The van der Waals surface area contributed by atoms with E-state index in [1.807, 2.05) is 31.2 Å². The van der Waals surface area contributed by atoms with Gasteiger partial charge < -0.3 is 20.9 Å². The molecular formula is C15H26IN3O2. The minimum Gasteiger partial charge on any atom is -0.389 e. The topological polar surface area (TPSA) is 79.9 Å². The molecule has 0 saturated heterocycles. The number of anilines is 1. The number of aryl methyl sites for hydroxylation is 1. The van der Waals surface area contributed by atoms with Crippen LogP contribution in [-0.2, 0) is 4.74 Å². The van der Waals surface area contributed by atoms with Gasteiger partial charge in [0.2, 0.25) is 0 Å². The summed E-state index contributed by atoms with van der Waals surface area (Å²) in [6.45, 7) is 7.27. The highest BCUT2D eigenvalue weighted by molar-refractivity contribution is 14.0. The van der Waals surface area contributed by atoms with E-state index in [0.29, 0.717) is 18.5 Å². The number of aliphatic hydroxyl groups is 1. The summed E-state index contributed by atoms with van der Waals surface area (Å²) in [5.74, 6) is 0.747. The van der Waals surface area contributed by atoms with Gasteiger partial charge in [0.1, 0.15) is 0 Å². The molecule has 4 N–H and O–H groups in total. The first-order chi connectivity index (χ1) is 9.47. The van der Waals surface area contributed by atoms with Crippen LogP contribution in [0, 0.1) is 12.8 Å². The molecule has 1 atom stereocenters. The fourth-order valence-corrected chi connectivity index (χ4v) is 1.61. The first-order valence-corrected chi connectivity index (χ1v) is 6.86. The Hall–Kier alpha value is -0.860. The van der Waals surface area contributed by atoms with Crippen LogP contribution in [0.5, 0.6) is 0 Å². The molecule has 1 aromatic rings. The number of halogens is 1. The van der Waals surface area contributed by atoms with Gasteiger partial charge in [-0.3, -0.25) is 4.99 Å². The van der Waals surface area contributed by atoms with Crippen LogP contribution in [0.15, 0.2) is 29.3 Å². The molecule has 0 radical (unpaired) electrons. The summed E-state index contributed by atoms with van der Waals surface area (Å²) >= 11 is 0. The summed E-state index contributed by atoms with van der Waals surface area (Å²) in [5, 5.41) is 12.7. The van der Waals surface area contributed by atoms with E-state index >= 15 is 0 Å². The Morgan fingerprint density at radius 2 is 2.10 bits per heavy atom. The normalized spacial score (nSPS) is 12.9. The summed E-state index contributed by atoms with van der Waals surface area (Å²) in [6, 6.07) is 7.84. The molecule has 0 aromatic heterocycles. The van der Waals surface area contributed by atoms with E-state index in [1.165, 1.54) is 0 Å². The Balaban J connectivity index is 0.00000400. The van der Waals surface area contributed by atoms with E-state index in [9.17, 15) is 5.11 Å². The van der Waals surface area contributed by atoms with E-state index in [4.69, 9.17) is 10.5 Å². The van der Waals surface area contributed by atoms with Crippen molar-refractivity contribution >= 4 is 35.6 Å². The molecule has 1 rings (SSSR count). The maximum Gasteiger partial charge on any atom is 0.193 e. The molecule has 0 amide bonds. The third kappa shape index (κ3) is 9.65. The van der Waals surface area contributed by atoms with Crippen molar-refractivity contribution in [2.75, 3.05) is 25.1 Å². The Labute approximate surface area is 144 Å². The van der Waals surface area contributed by atoms with Crippen LogP contribution < -0.4 is 11.1 Å². The number of ether oxygens (including phenoxy) is 1. The number of aliphatic imine (C=N–C) groups is 1. The molecule has 0 bridgehead atoms. The number of nitrogens with zero attached hydrogens (tertiary/aromatic N) is 1. The fourth-order valence-electron chi connectivity index (χ4n) is 1.61. The maximum atomic E-state index is 9.71. The number of nitrogens with one attached hydrogen (secondary N) is 1. The third-order valence-corrected chi connectivity index (χ3v) is 2.52. The highest BCUT2D eigenvalue weighted by Gasteiger charge is 2.04. The van der Waals surface area contributed by atoms with Crippen LogP contribution in [-0.4, -0.2) is 36.9 Å². The van der Waals surface area contributed by atoms with E-state index in [0.717, 1.165) is 11.3 Å². The van der Waals surface area contributed by atoms with Gasteiger partial charge in [-0.2, -0.15) is 0 Å². The molecule has 1 unspecified atom stereocenters. The lowest BCUT2D eigenvalue weighted by Gasteiger charge is -2.11. The number of benzene rings is 1. The zero-order valence-electron chi connectivity index (χ0n) is 12.9. The van der Waals surface area contributed by atoms with Gasteiger partial charge in [-0.15, -0.1) is 24.0 Å². The van der Waals surface area contributed by atoms with Gasteiger partial charge in [-0.05, 0) is 30.5 Å². The minimum absolute atomic E-state index is 0. The molecule has 0 aliphatic heterocycles. The second kappa shape index (κ2) is 10.8. The van der Waals surface area contributed by atoms with Crippen molar-refractivity contribution in [3.63, 3.8) is 0 Å². The fraction of sp³-hybridized carbons (Fsp3) is 0.533. The third-order valence-electron chi connectivity index (χ3n) is 2.52. The van der Waals surface area contributed by atoms with E-state index in [1.54, 1.807) is 0 Å². The second-order valence-corrected chi connectivity index (χ2v) is 5.31. The zero-order valence-corrected chi connectivity index (χ0v) is 15.2. The van der Waals surface area contributed by atoms with Crippen molar-refractivity contribution in [2.45, 2.75) is 26.9 Å². The van der Waals surface area contributed by atoms with Gasteiger partial charge in [0.25, 0.3) is 0 Å². The molecule has 0 fully saturated rings. The lowest BCUT2D eigenvalue weighted by molar-refractivity contribution is 0.0302. The van der Waals surface area contributed by atoms with Crippen molar-refractivity contribution in [3.05, 3.63) is 29.8 Å². The average molecular weight is 407 g/mol. The molecule has 5 nitrogen and oxygen atoms in total. The van der Waals surface area contributed by atoms with E-state index < -0.39 is 6.10 Å². The molecule has 6 heteroatoms. The van der Waals surface area contributed by atoms with Crippen LogP contribution in [0.4, 0.5) is 5.69 Å². The van der Waals surface area contributed by atoms with Crippen LogP contribution >= 0.6 is 24.0 Å². The van der Waals surface area contributed by atoms with Crippen molar-refractivity contribution in [2.24, 2.45) is 16.6 Å². The molecule has 0 spiro atoms. The van der Waals surface area contributed by atoms with Crippen molar-refractivity contribution in [1.29, 1.82) is 0 Å². The molecule has 0 heterocycles. The van der Waals surface area contributed by atoms with Crippen LogP contribution in [0.25, 0.3) is 0 Å². The number of rotatable bonds is 7. The number of nitrogens with two attached hydrogens (primary N) is 1. The van der Waals surface area contributed by atoms with Gasteiger partial charge in [0.15, 0.2) is 5.96 Å². The first kappa shape index (κ1) is 20.1. The lowest BCUT2D eigenvalue weighted by Crippen LogP contribution is -2.26. The molecule has 21 heavy (non-hydrogen) atoms. The Bertz CT molecular complexity index is 439. The number of hydrogen-bond donors (Lipinski definition) is 3. The second-order valence-electron chi connectivity index (χ2n) is 5.31. The Kier molecular flexibility index (Phi) is 10.4. The van der Waals surface area contributed by atoms with E-state index in [2.05, 4.69) is 24.2 Å². The van der Waals surface area contributed by atoms with Crippen molar-refractivity contribution < 1.29 is 9.84 Å². The van der Waals surface area contributed by atoms with Crippen molar-refractivity contribution in [3.8, 4) is 0 Å². The van der Waals surface area contributed by atoms with Gasteiger partial charge in [0.05, 0.1) is 19.3 Å². The molecule has 0 aliphatic carbocycles. The monoisotopic (exact) mass is 407 g/mol. The summed E-state index contributed by atoms with van der Waals surface area (Å²) in [6.07, 6.45) is -0.633. The predicted octanol–water partition coefficient (Wildman–Crippen LogP) is 2.37. The van der Waals surface area contributed by atoms with Gasteiger partial charge >= 0.3 is 0 Å². The van der Waals surface area contributed by atoms with E-state index in [-0.39, 0.29) is 37.1 Å². The Morgan fingerprint density at radius 1 is 1.38 bits per heavy atom. The molecule has 1 aromatic carbocycles. The number of guanidine groups is 1. The summed E-state index contributed by atoms with van der Waals surface area (Å²) in [4.78, 5) is 4.10. The standard InChI is InChI=1S/C15H25N3O2.HI/c1-11(2)9-20-10-14(19)8-17-15(16)18-13-6-4-5-12(3)7-13;/h4-7,11,14,19H,8-10H2,1-3H3,(H3,16,17,18);1H. The van der Waals surface area contributed by atoms with Crippen molar-refractivity contribution in [1.82, 2.24) is 0 Å². The number of hydrogen-bond acceptors (Lipinski definition) is 3. The molecule has 0 aliphatic rings. The number of aliphatic hydroxyl groups excluding tert-OH is 1. The summed E-state index contributed by atoms with van der Waals surface area (Å²) < 4.78 is 5.34. The van der Waals surface area contributed by atoms with Crippen LogP contribution in [0.1, 0.15) is 19.4 Å². The zero-order chi connectivity index (χ0) is 15.0. The molecule has 0 saturated carbocycles. The first-order valence-electron chi connectivity index (χ1n) is 6.86. The van der Waals surface area contributed by atoms with Gasteiger partial charge in [0, 0.05) is 12.3 Å². The lowest BCUT2D eigenvalue weighted by atomic mass is 10.2. The highest BCUT2D eigenvalue weighted by Crippen LogP contribution is 2.08. The van der Waals surface area contributed by atoms with Crippen LogP contribution in [0.3, 0.4) is 0 Å². The SMILES string of the molecule is Cc1cccc(NC(N)=NCC(O)COCC(C)C)c1.I. The summed E-state index contributed by atoms with van der Waals surface area (Å²) in [5.41, 5.74) is 7.80. The Morgan fingerprint density at radius 3 is 2.71 bits per heavy atom. The smallest absolute Gasteiger partial charge is 0.193 e. The minimum atomic E-state index is -0.633. The maximum absolute atomic E-state index is 9.71. The highest BCUT2D eigenvalue weighted by atomic mass is 127. The molecular weight excluding hydrogens is 381 g/mol. The van der Waals surface area contributed by atoms with Gasteiger partial charge in [-0.25, -0.2) is 0 Å². The largest absolute Gasteiger partial charge is 0.389 e. The van der Waals surface area contributed by atoms with Gasteiger partial charge in [-0.1, -0.05) is 26.0 Å². The quantitative estimate of drug-likeness (QED) is 0.368.